The van der Waals surface area contributed by atoms with E-state index in [2.05, 4.69) is 12.2 Å². The van der Waals surface area contributed by atoms with Gasteiger partial charge in [0.1, 0.15) is 18.1 Å². The van der Waals surface area contributed by atoms with Gasteiger partial charge >= 0.3 is 0 Å². The van der Waals surface area contributed by atoms with E-state index in [9.17, 15) is 0 Å². The molecule has 0 aromatic heterocycles. The van der Waals surface area contributed by atoms with Crippen LogP contribution in [0.1, 0.15) is 18.5 Å². The second kappa shape index (κ2) is 9.58. The minimum absolute atomic E-state index is 0.213. The molecule has 0 radical (unpaired) electrons. The molecule has 0 aliphatic heterocycles. The molecule has 0 amide bonds. The maximum Gasteiger partial charge on any atom is 0.127 e. The molecule has 1 aromatic rings. The van der Waals surface area contributed by atoms with Crippen LogP contribution < -0.4 is 14.8 Å². The molecule has 20 heavy (non-hydrogen) atoms. The van der Waals surface area contributed by atoms with E-state index in [1.807, 2.05) is 25.2 Å². The molecule has 5 heteroatoms. The average Bonchev–Trinajstić information content (AvgIpc) is 2.49. The molecule has 0 spiro atoms. The summed E-state index contributed by atoms with van der Waals surface area (Å²) in [5.74, 6) is 1.61. The van der Waals surface area contributed by atoms with Crippen molar-refractivity contribution in [2.75, 3.05) is 47.7 Å². The Morgan fingerprint density at radius 3 is 2.50 bits per heavy atom. The predicted octanol–water partition coefficient (Wildman–Crippen LogP) is 2.02. The third-order valence-electron chi connectivity index (χ3n) is 3.04. The number of hydrogen-bond donors (Lipinski definition) is 1. The van der Waals surface area contributed by atoms with Crippen molar-refractivity contribution < 1.29 is 18.9 Å². The van der Waals surface area contributed by atoms with Crippen molar-refractivity contribution in [1.82, 2.24) is 5.32 Å². The first-order valence-corrected chi connectivity index (χ1v) is 6.77. The molecule has 0 saturated heterocycles. The lowest BCUT2D eigenvalue weighted by Crippen LogP contribution is -2.15. The van der Waals surface area contributed by atoms with E-state index in [0.717, 1.165) is 17.1 Å². The van der Waals surface area contributed by atoms with Crippen LogP contribution in [0.5, 0.6) is 11.5 Å². The van der Waals surface area contributed by atoms with Gasteiger partial charge in [0.25, 0.3) is 0 Å². The summed E-state index contributed by atoms with van der Waals surface area (Å²) >= 11 is 0. The third-order valence-corrected chi connectivity index (χ3v) is 3.04. The van der Waals surface area contributed by atoms with Crippen molar-refractivity contribution in [2.24, 2.45) is 0 Å². The van der Waals surface area contributed by atoms with E-state index in [1.165, 1.54) is 0 Å². The molecule has 0 fully saturated rings. The summed E-state index contributed by atoms with van der Waals surface area (Å²) in [6.07, 6.45) is 0. The highest BCUT2D eigenvalue weighted by molar-refractivity contribution is 5.42. The van der Waals surface area contributed by atoms with Crippen LogP contribution in [0.4, 0.5) is 0 Å². The summed E-state index contributed by atoms with van der Waals surface area (Å²) < 4.78 is 21.3. The summed E-state index contributed by atoms with van der Waals surface area (Å²) in [5.41, 5.74) is 1.10. The van der Waals surface area contributed by atoms with Gasteiger partial charge < -0.3 is 24.3 Å². The van der Waals surface area contributed by atoms with E-state index in [0.29, 0.717) is 26.4 Å². The minimum Gasteiger partial charge on any atom is -0.497 e. The zero-order valence-electron chi connectivity index (χ0n) is 12.8. The van der Waals surface area contributed by atoms with Crippen LogP contribution in [0.15, 0.2) is 18.2 Å². The Hall–Kier alpha value is -1.30. The van der Waals surface area contributed by atoms with Gasteiger partial charge in [-0.15, -0.1) is 0 Å². The fourth-order valence-electron chi connectivity index (χ4n) is 1.73. The highest BCUT2D eigenvalue weighted by Gasteiger charge is 2.11. The van der Waals surface area contributed by atoms with Gasteiger partial charge in [0.15, 0.2) is 0 Å². The molecule has 1 unspecified atom stereocenters. The Bertz CT molecular complexity index is 384. The van der Waals surface area contributed by atoms with Crippen molar-refractivity contribution >= 4 is 0 Å². The maximum absolute atomic E-state index is 5.80. The lowest BCUT2D eigenvalue weighted by molar-refractivity contribution is 0.0541. The monoisotopic (exact) mass is 283 g/mol. The van der Waals surface area contributed by atoms with E-state index in [1.54, 1.807) is 14.2 Å². The van der Waals surface area contributed by atoms with Gasteiger partial charge in [-0.25, -0.2) is 0 Å². The average molecular weight is 283 g/mol. The Kier molecular flexibility index (Phi) is 8.02. The number of nitrogens with one attached hydrogen (secondary N) is 1. The van der Waals surface area contributed by atoms with Crippen molar-refractivity contribution in [3.05, 3.63) is 23.8 Å². The topological polar surface area (TPSA) is 49.0 Å². The Morgan fingerprint density at radius 1 is 1.10 bits per heavy atom. The normalized spacial score (nSPS) is 12.2. The fourth-order valence-corrected chi connectivity index (χ4v) is 1.73. The Balaban J connectivity index is 2.56. The third kappa shape index (κ3) is 5.36. The van der Waals surface area contributed by atoms with Gasteiger partial charge in [-0.1, -0.05) is 6.07 Å². The number of rotatable bonds is 10. The number of methoxy groups -OCH3 is 2. The summed E-state index contributed by atoms with van der Waals surface area (Å²) in [4.78, 5) is 0. The zero-order valence-corrected chi connectivity index (χ0v) is 12.8. The van der Waals surface area contributed by atoms with Crippen LogP contribution in [0.25, 0.3) is 0 Å². The van der Waals surface area contributed by atoms with Crippen molar-refractivity contribution in [3.8, 4) is 11.5 Å². The molecule has 0 saturated carbocycles. The van der Waals surface area contributed by atoms with E-state index in [4.69, 9.17) is 18.9 Å². The SMILES string of the molecule is CNC(C)c1ccc(OC)cc1OCCOCCOC. The molecule has 5 nitrogen and oxygen atoms in total. The molecule has 0 heterocycles. The first-order chi connectivity index (χ1) is 9.72. The molecule has 1 aromatic carbocycles. The van der Waals surface area contributed by atoms with Crippen molar-refractivity contribution in [3.63, 3.8) is 0 Å². The molecule has 114 valence electrons. The van der Waals surface area contributed by atoms with Gasteiger partial charge in [-0.3, -0.25) is 0 Å². The quantitative estimate of drug-likeness (QED) is 0.666. The largest absolute Gasteiger partial charge is 0.497 e. The number of ether oxygens (including phenoxy) is 4. The van der Waals surface area contributed by atoms with Crippen LogP contribution in [0.3, 0.4) is 0 Å². The van der Waals surface area contributed by atoms with Crippen molar-refractivity contribution in [2.45, 2.75) is 13.0 Å². The van der Waals surface area contributed by atoms with Gasteiger partial charge in [-0.2, -0.15) is 0 Å². The first-order valence-electron chi connectivity index (χ1n) is 6.77. The minimum atomic E-state index is 0.213. The van der Waals surface area contributed by atoms with Crippen LogP contribution in [0, 0.1) is 0 Å². The molecule has 1 rings (SSSR count). The lowest BCUT2D eigenvalue weighted by atomic mass is 10.1. The first kappa shape index (κ1) is 16.8. The van der Waals surface area contributed by atoms with Gasteiger partial charge in [0.2, 0.25) is 0 Å². The van der Waals surface area contributed by atoms with Gasteiger partial charge in [0.05, 0.1) is 26.9 Å². The second-order valence-corrected chi connectivity index (χ2v) is 4.37. The predicted molar refractivity (Wildman–Crippen MR) is 78.7 cm³/mol. The Morgan fingerprint density at radius 2 is 1.85 bits per heavy atom. The standard InChI is InChI=1S/C15H25NO4/c1-12(16-2)14-6-5-13(18-4)11-15(14)20-10-9-19-8-7-17-3/h5-6,11-12,16H,7-10H2,1-4H3. The molecular weight excluding hydrogens is 258 g/mol. The highest BCUT2D eigenvalue weighted by atomic mass is 16.5. The summed E-state index contributed by atoms with van der Waals surface area (Å²) in [6, 6.07) is 6.07. The number of benzene rings is 1. The van der Waals surface area contributed by atoms with E-state index >= 15 is 0 Å². The van der Waals surface area contributed by atoms with Crippen LogP contribution in [-0.4, -0.2) is 47.7 Å². The maximum atomic E-state index is 5.80. The number of hydrogen-bond acceptors (Lipinski definition) is 5. The van der Waals surface area contributed by atoms with Gasteiger partial charge in [0, 0.05) is 24.8 Å². The van der Waals surface area contributed by atoms with E-state index in [-0.39, 0.29) is 6.04 Å². The Labute approximate surface area is 121 Å². The van der Waals surface area contributed by atoms with Crippen molar-refractivity contribution in [1.29, 1.82) is 0 Å². The molecule has 0 aliphatic carbocycles. The molecular formula is C15H25NO4. The highest BCUT2D eigenvalue weighted by Crippen LogP contribution is 2.29. The van der Waals surface area contributed by atoms with Crippen LogP contribution in [-0.2, 0) is 9.47 Å². The van der Waals surface area contributed by atoms with Gasteiger partial charge in [-0.05, 0) is 20.0 Å². The molecule has 1 atom stereocenters. The lowest BCUT2D eigenvalue weighted by Gasteiger charge is -2.17. The second-order valence-electron chi connectivity index (χ2n) is 4.37. The fraction of sp³-hybridized carbons (Fsp3) is 0.600. The van der Waals surface area contributed by atoms with Crippen LogP contribution >= 0.6 is 0 Å². The van der Waals surface area contributed by atoms with E-state index < -0.39 is 0 Å². The smallest absolute Gasteiger partial charge is 0.127 e. The summed E-state index contributed by atoms with van der Waals surface area (Å²) in [6.45, 7) is 4.30. The zero-order chi connectivity index (χ0) is 14.8. The molecule has 0 aliphatic rings. The summed E-state index contributed by atoms with van der Waals surface area (Å²) in [7, 11) is 5.22. The molecule has 1 N–H and O–H groups in total. The van der Waals surface area contributed by atoms with Crippen LogP contribution in [0.2, 0.25) is 0 Å². The molecule has 0 bridgehead atoms. The summed E-state index contributed by atoms with van der Waals surface area (Å²) in [5, 5.41) is 3.21.